The van der Waals surface area contributed by atoms with Crippen LogP contribution < -0.4 is 0 Å². The van der Waals surface area contributed by atoms with Crippen LogP contribution in [0.3, 0.4) is 0 Å². The predicted molar refractivity (Wildman–Crippen MR) is 134 cm³/mol. The third-order valence-corrected chi connectivity index (χ3v) is 7.55. The highest BCUT2D eigenvalue weighted by atomic mass is 19.1. The lowest BCUT2D eigenvalue weighted by Gasteiger charge is -2.31. The molecule has 6 nitrogen and oxygen atoms in total. The van der Waals surface area contributed by atoms with Gasteiger partial charge in [0.1, 0.15) is 18.5 Å². The molecule has 2 aromatic carbocycles. The van der Waals surface area contributed by atoms with E-state index in [1.807, 2.05) is 19.0 Å². The Labute approximate surface area is 209 Å². The smallest absolute Gasteiger partial charge is 0.335 e. The second-order valence-electron chi connectivity index (χ2n) is 10.2. The number of fused-ring (bicyclic) bond motifs is 5. The fraction of sp³-hybridized carbons (Fsp3) is 0.429. The molecule has 0 radical (unpaired) electrons. The average Bonchev–Trinajstić information content (AvgIpc) is 3.14. The number of halogens is 2. The minimum Gasteiger partial charge on any atom is -0.478 e. The molecule has 2 heterocycles. The number of aromatic carboxylic acids is 1. The quantitative estimate of drug-likeness (QED) is 0.538. The molecule has 36 heavy (non-hydrogen) atoms. The van der Waals surface area contributed by atoms with Gasteiger partial charge in [-0.1, -0.05) is 25.0 Å². The topological polar surface area (TPSA) is 65.8 Å². The largest absolute Gasteiger partial charge is 0.478 e. The number of carbonyl (C=O) groups is 2. The molecule has 1 fully saturated rings. The molecule has 0 saturated heterocycles. The van der Waals surface area contributed by atoms with E-state index >= 15 is 4.39 Å². The second-order valence-corrected chi connectivity index (χ2v) is 10.2. The number of hydrogen-bond acceptors (Lipinski definition) is 3. The zero-order valence-corrected chi connectivity index (χ0v) is 20.6. The van der Waals surface area contributed by atoms with Crippen molar-refractivity contribution in [3.05, 3.63) is 58.9 Å². The Morgan fingerprint density at radius 3 is 2.61 bits per heavy atom. The van der Waals surface area contributed by atoms with Crippen LogP contribution in [-0.2, 0) is 17.9 Å². The van der Waals surface area contributed by atoms with E-state index in [1.54, 1.807) is 27.7 Å². The summed E-state index contributed by atoms with van der Waals surface area (Å²) in [4.78, 5) is 29.1. The van der Waals surface area contributed by atoms with Crippen LogP contribution in [0.2, 0.25) is 0 Å². The van der Waals surface area contributed by atoms with E-state index in [0.29, 0.717) is 49.2 Å². The van der Waals surface area contributed by atoms with E-state index in [2.05, 4.69) is 0 Å². The van der Waals surface area contributed by atoms with Crippen molar-refractivity contribution in [2.24, 2.45) is 0 Å². The van der Waals surface area contributed by atoms with E-state index in [4.69, 9.17) is 0 Å². The number of aromatic nitrogens is 1. The van der Waals surface area contributed by atoms with Gasteiger partial charge in [0.25, 0.3) is 0 Å². The normalized spacial score (nSPS) is 20.2. The first-order valence-corrected chi connectivity index (χ1v) is 12.5. The van der Waals surface area contributed by atoms with Gasteiger partial charge >= 0.3 is 5.97 Å². The van der Waals surface area contributed by atoms with Gasteiger partial charge in [0.15, 0.2) is 0 Å². The van der Waals surface area contributed by atoms with Gasteiger partial charge in [-0.25, -0.2) is 13.6 Å². The molecule has 0 unspecified atom stereocenters. The van der Waals surface area contributed by atoms with Gasteiger partial charge in [-0.3, -0.25) is 4.79 Å². The molecule has 3 aromatic rings. The van der Waals surface area contributed by atoms with Crippen molar-refractivity contribution in [2.75, 3.05) is 27.2 Å². The Balaban J connectivity index is 1.80. The van der Waals surface area contributed by atoms with E-state index in [0.717, 1.165) is 29.4 Å². The highest BCUT2D eigenvalue weighted by Crippen LogP contribution is 2.46. The summed E-state index contributed by atoms with van der Waals surface area (Å²) in [6.45, 7) is 1.47. The number of hydrogen-bond donors (Lipinski definition) is 1. The molecule has 2 aliphatic rings. The van der Waals surface area contributed by atoms with Gasteiger partial charge in [-0.05, 0) is 62.3 Å². The number of carboxylic acid groups (broad SMARTS) is 1. The molecule has 0 bridgehead atoms. The maximum Gasteiger partial charge on any atom is 0.335 e. The highest BCUT2D eigenvalue weighted by Gasteiger charge is 2.35. The van der Waals surface area contributed by atoms with E-state index < -0.39 is 23.9 Å². The van der Waals surface area contributed by atoms with Gasteiger partial charge in [0, 0.05) is 36.5 Å². The third kappa shape index (κ3) is 4.39. The Morgan fingerprint density at radius 1 is 1.11 bits per heavy atom. The van der Waals surface area contributed by atoms with Crippen molar-refractivity contribution in [3.8, 4) is 11.3 Å². The third-order valence-electron chi connectivity index (χ3n) is 7.55. The first-order valence-electron chi connectivity index (χ1n) is 12.5. The van der Waals surface area contributed by atoms with Crippen LogP contribution in [0.5, 0.6) is 0 Å². The van der Waals surface area contributed by atoms with Crippen molar-refractivity contribution in [3.63, 3.8) is 0 Å². The number of alkyl halides is 1. The summed E-state index contributed by atoms with van der Waals surface area (Å²) >= 11 is 0. The predicted octanol–water partition coefficient (Wildman–Crippen LogP) is 5.05. The molecule has 5 rings (SSSR count). The van der Waals surface area contributed by atoms with Gasteiger partial charge in [0.05, 0.1) is 16.8 Å². The van der Waals surface area contributed by atoms with Gasteiger partial charge < -0.3 is 19.5 Å². The Morgan fingerprint density at radius 2 is 1.89 bits per heavy atom. The molecular weight excluding hydrogens is 464 g/mol. The fourth-order valence-electron chi connectivity index (χ4n) is 5.71. The Bertz CT molecular complexity index is 1330. The number of nitrogens with zero attached hydrogens (tertiary/aromatic N) is 3. The number of amides is 1. The number of benzene rings is 2. The van der Waals surface area contributed by atoms with Gasteiger partial charge in [-0.15, -0.1) is 0 Å². The van der Waals surface area contributed by atoms with Gasteiger partial charge in [-0.2, -0.15) is 0 Å². The van der Waals surface area contributed by atoms with Crippen LogP contribution >= 0.6 is 0 Å². The average molecular weight is 496 g/mol. The SMILES string of the molecule is CN(C)CCN1Cc2ccc(F)cc2-c2c([C@@H]3CCCC[C@H]3F)c3ccc(C(=O)O)cc3n2CC1=O. The summed E-state index contributed by atoms with van der Waals surface area (Å²) in [7, 11) is 3.87. The summed E-state index contributed by atoms with van der Waals surface area (Å²) in [6, 6.07) is 9.36. The molecule has 1 saturated carbocycles. The second kappa shape index (κ2) is 9.65. The van der Waals surface area contributed by atoms with Crippen molar-refractivity contribution < 1.29 is 23.5 Å². The summed E-state index contributed by atoms with van der Waals surface area (Å²) in [5.41, 5.74) is 3.48. The van der Waals surface area contributed by atoms with E-state index in [9.17, 15) is 19.1 Å². The summed E-state index contributed by atoms with van der Waals surface area (Å²) < 4.78 is 31.9. The monoisotopic (exact) mass is 495 g/mol. The lowest BCUT2D eigenvalue weighted by atomic mass is 9.80. The molecule has 1 aliphatic heterocycles. The summed E-state index contributed by atoms with van der Waals surface area (Å²) in [5.74, 6) is -2.00. The van der Waals surface area contributed by atoms with Crippen LogP contribution in [0.1, 0.15) is 53.1 Å². The molecule has 1 aliphatic carbocycles. The molecular formula is C28H31F2N3O3. The Kier molecular flexibility index (Phi) is 6.55. The molecule has 1 amide bonds. The maximum absolute atomic E-state index is 15.4. The number of likely N-dealkylation sites (N-methyl/N-ethyl adjacent to an activating group) is 1. The maximum atomic E-state index is 15.4. The molecule has 1 aromatic heterocycles. The van der Waals surface area contributed by atoms with Crippen LogP contribution in [0, 0.1) is 5.82 Å². The van der Waals surface area contributed by atoms with Crippen LogP contribution in [-0.4, -0.2) is 64.7 Å². The van der Waals surface area contributed by atoms with Crippen molar-refractivity contribution in [1.29, 1.82) is 0 Å². The minimum atomic E-state index is -1.08. The molecule has 190 valence electrons. The van der Waals surface area contributed by atoms with Crippen LogP contribution in [0.4, 0.5) is 8.78 Å². The Hall–Kier alpha value is -3.26. The van der Waals surface area contributed by atoms with Crippen LogP contribution in [0.15, 0.2) is 36.4 Å². The summed E-state index contributed by atoms with van der Waals surface area (Å²) in [6.07, 6.45) is 1.76. The first kappa shape index (κ1) is 24.4. The molecule has 2 atom stereocenters. The lowest BCUT2D eigenvalue weighted by molar-refractivity contribution is -0.132. The lowest BCUT2D eigenvalue weighted by Crippen LogP contribution is -2.39. The highest BCUT2D eigenvalue weighted by molar-refractivity contribution is 5.99. The molecule has 8 heteroatoms. The number of carboxylic acids is 1. The van der Waals surface area contributed by atoms with E-state index in [1.165, 1.54) is 18.2 Å². The van der Waals surface area contributed by atoms with Gasteiger partial charge in [0.2, 0.25) is 5.91 Å². The molecule has 0 spiro atoms. The standard InChI is InChI=1S/C28H31F2N3O3/c1-31(2)11-12-32-15-18-7-9-19(29)14-22(18)27-26(20-5-3-4-6-23(20)30)21-10-8-17(28(35)36)13-24(21)33(27)16-25(32)34/h7-10,13-14,20,23H,3-6,11-12,15-16H2,1-2H3,(H,35,36)/t20-,23-/m1/s1. The molecule has 1 N–H and O–H groups in total. The van der Waals surface area contributed by atoms with Crippen LogP contribution in [0.25, 0.3) is 22.2 Å². The fourth-order valence-corrected chi connectivity index (χ4v) is 5.71. The van der Waals surface area contributed by atoms with Crippen molar-refractivity contribution in [1.82, 2.24) is 14.4 Å². The minimum absolute atomic E-state index is 0.0258. The first-order chi connectivity index (χ1) is 17.2. The van der Waals surface area contributed by atoms with Crippen molar-refractivity contribution in [2.45, 2.75) is 50.9 Å². The van der Waals surface area contributed by atoms with E-state index in [-0.39, 0.29) is 18.0 Å². The zero-order valence-electron chi connectivity index (χ0n) is 20.6. The zero-order chi connectivity index (χ0) is 25.6. The number of carbonyl (C=O) groups excluding carboxylic acids is 1. The number of rotatable bonds is 5. The van der Waals surface area contributed by atoms with Crippen molar-refractivity contribution >= 4 is 22.8 Å². The summed E-state index contributed by atoms with van der Waals surface area (Å²) in [5, 5.41) is 10.4.